The smallest absolute Gasteiger partial charge is 0.147 e. The first-order chi connectivity index (χ1) is 9.45. The minimum Gasteiger partial charge on any atom is -0.341 e. The minimum atomic E-state index is -0.427. The predicted octanol–water partition coefficient (Wildman–Crippen LogP) is 3.86. The van der Waals surface area contributed by atoms with Crippen LogP contribution in [-0.2, 0) is 10.2 Å². The lowest BCUT2D eigenvalue weighted by atomic mass is 9.68. The summed E-state index contributed by atoms with van der Waals surface area (Å²) < 4.78 is 0. The zero-order valence-corrected chi connectivity index (χ0v) is 12.4. The van der Waals surface area contributed by atoms with Crippen LogP contribution in [0.5, 0.6) is 0 Å². The molecule has 0 radical (unpaired) electrons. The molecule has 1 aromatic carbocycles. The maximum atomic E-state index is 12.6. The van der Waals surface area contributed by atoms with Crippen molar-refractivity contribution in [3.63, 3.8) is 0 Å². The zero-order chi connectivity index (χ0) is 14.1. The van der Waals surface area contributed by atoms with Gasteiger partial charge in [0.2, 0.25) is 0 Å². The van der Waals surface area contributed by atoms with Crippen LogP contribution >= 0.6 is 11.6 Å². The number of hydrogen-bond donors (Lipinski definition) is 1. The van der Waals surface area contributed by atoms with Crippen molar-refractivity contribution >= 4 is 28.4 Å². The SMILES string of the molecule is CC1(C)C2CCC1(c1nc3ccc(Cl)cc3[nH]1)C(=O)C2. The van der Waals surface area contributed by atoms with E-state index in [9.17, 15) is 4.79 Å². The van der Waals surface area contributed by atoms with E-state index in [1.54, 1.807) is 0 Å². The largest absolute Gasteiger partial charge is 0.341 e. The third kappa shape index (κ3) is 1.27. The Bertz CT molecular complexity index is 733. The van der Waals surface area contributed by atoms with Crippen molar-refractivity contribution in [2.24, 2.45) is 11.3 Å². The van der Waals surface area contributed by atoms with Gasteiger partial charge in [0, 0.05) is 11.4 Å². The van der Waals surface area contributed by atoms with Crippen LogP contribution in [0, 0.1) is 11.3 Å². The molecule has 4 rings (SSSR count). The van der Waals surface area contributed by atoms with Gasteiger partial charge >= 0.3 is 0 Å². The molecule has 2 aromatic rings. The third-order valence-corrected chi connectivity index (χ3v) is 5.98. The summed E-state index contributed by atoms with van der Waals surface area (Å²) in [4.78, 5) is 20.7. The molecular formula is C16H17ClN2O. The summed E-state index contributed by atoms with van der Waals surface area (Å²) in [6.45, 7) is 4.44. The zero-order valence-electron chi connectivity index (χ0n) is 11.7. The van der Waals surface area contributed by atoms with Gasteiger partial charge in [0.05, 0.1) is 16.4 Å². The molecule has 2 fully saturated rings. The molecule has 0 spiro atoms. The van der Waals surface area contributed by atoms with Crippen LogP contribution in [0.3, 0.4) is 0 Å². The second-order valence-electron chi connectivity index (χ2n) is 6.74. The Morgan fingerprint density at radius 2 is 2.20 bits per heavy atom. The Labute approximate surface area is 122 Å². The highest BCUT2D eigenvalue weighted by Crippen LogP contribution is 2.64. The summed E-state index contributed by atoms with van der Waals surface area (Å²) in [6.07, 6.45) is 2.73. The summed E-state index contributed by atoms with van der Waals surface area (Å²) in [6, 6.07) is 5.63. The van der Waals surface area contributed by atoms with Gasteiger partial charge < -0.3 is 4.98 Å². The van der Waals surface area contributed by atoms with E-state index >= 15 is 0 Å². The summed E-state index contributed by atoms with van der Waals surface area (Å²) in [5.41, 5.74) is 1.36. The Morgan fingerprint density at radius 3 is 2.85 bits per heavy atom. The number of aromatic nitrogens is 2. The molecule has 2 aliphatic rings. The van der Waals surface area contributed by atoms with Crippen molar-refractivity contribution in [2.75, 3.05) is 0 Å². The van der Waals surface area contributed by atoms with E-state index in [-0.39, 0.29) is 5.41 Å². The van der Waals surface area contributed by atoms with Crippen LogP contribution in [0.25, 0.3) is 11.0 Å². The normalized spacial score (nSPS) is 31.4. The number of hydrogen-bond acceptors (Lipinski definition) is 2. The van der Waals surface area contributed by atoms with Gasteiger partial charge in [0.25, 0.3) is 0 Å². The van der Waals surface area contributed by atoms with Crippen molar-refractivity contribution in [1.29, 1.82) is 0 Å². The maximum Gasteiger partial charge on any atom is 0.147 e. The van der Waals surface area contributed by atoms with Crippen LogP contribution in [-0.4, -0.2) is 15.8 Å². The highest BCUT2D eigenvalue weighted by Gasteiger charge is 2.66. The van der Waals surface area contributed by atoms with E-state index < -0.39 is 5.41 Å². The van der Waals surface area contributed by atoms with Crippen LogP contribution in [0.1, 0.15) is 38.9 Å². The number of Topliss-reactive ketones (excluding diaryl/α,β-unsaturated/α-hetero) is 1. The molecule has 2 bridgehead atoms. The fourth-order valence-corrected chi connectivity index (χ4v) is 4.59. The molecule has 2 unspecified atom stereocenters. The summed E-state index contributed by atoms with van der Waals surface area (Å²) in [5, 5.41) is 0.687. The number of ketones is 1. The second-order valence-corrected chi connectivity index (χ2v) is 7.17. The molecule has 3 nitrogen and oxygen atoms in total. The molecular weight excluding hydrogens is 272 g/mol. The number of carbonyl (C=O) groups is 1. The van der Waals surface area contributed by atoms with E-state index in [0.29, 0.717) is 23.1 Å². The third-order valence-electron chi connectivity index (χ3n) is 5.74. The fraction of sp³-hybridized carbons (Fsp3) is 0.500. The number of imidazole rings is 1. The van der Waals surface area contributed by atoms with Gasteiger partial charge in [0.15, 0.2) is 0 Å². The maximum absolute atomic E-state index is 12.6. The number of nitrogens with one attached hydrogen (secondary N) is 1. The number of fused-ring (bicyclic) bond motifs is 3. The number of carbonyl (C=O) groups excluding carboxylic acids is 1. The summed E-state index contributed by atoms with van der Waals surface area (Å²) in [7, 11) is 0. The second kappa shape index (κ2) is 3.64. The van der Waals surface area contributed by atoms with E-state index in [1.165, 1.54) is 0 Å². The standard InChI is InChI=1S/C16H17ClN2O/c1-15(2)9-5-6-16(15,13(20)7-9)14-18-11-4-3-10(17)8-12(11)19-14/h3-4,8-9H,5-7H2,1-2H3,(H,18,19). The molecule has 0 aliphatic heterocycles. The van der Waals surface area contributed by atoms with Gasteiger partial charge in [-0.3, -0.25) is 4.79 Å². The topological polar surface area (TPSA) is 45.8 Å². The molecule has 4 heteroatoms. The summed E-state index contributed by atoms with van der Waals surface area (Å²) >= 11 is 6.03. The van der Waals surface area contributed by atoms with Gasteiger partial charge in [-0.1, -0.05) is 25.4 Å². The Hall–Kier alpha value is -1.35. The molecule has 0 amide bonds. The average molecular weight is 289 g/mol. The number of rotatable bonds is 1. The van der Waals surface area contributed by atoms with Crippen LogP contribution in [0.2, 0.25) is 5.02 Å². The number of halogens is 1. The quantitative estimate of drug-likeness (QED) is 0.866. The average Bonchev–Trinajstić information content (AvgIpc) is 2.96. The molecule has 2 saturated carbocycles. The molecule has 1 heterocycles. The molecule has 2 atom stereocenters. The highest BCUT2D eigenvalue weighted by atomic mass is 35.5. The lowest BCUT2D eigenvalue weighted by Gasteiger charge is -2.34. The number of aromatic amines is 1. The van der Waals surface area contributed by atoms with E-state index in [2.05, 4.69) is 18.8 Å². The lowest BCUT2D eigenvalue weighted by Crippen LogP contribution is -2.41. The first-order valence-electron chi connectivity index (χ1n) is 7.14. The van der Waals surface area contributed by atoms with Crippen molar-refractivity contribution in [1.82, 2.24) is 9.97 Å². The van der Waals surface area contributed by atoms with Gasteiger partial charge in [-0.05, 0) is 42.4 Å². The van der Waals surface area contributed by atoms with Crippen molar-refractivity contribution in [3.8, 4) is 0 Å². The molecule has 2 aliphatic carbocycles. The predicted molar refractivity (Wildman–Crippen MR) is 78.9 cm³/mol. The van der Waals surface area contributed by atoms with E-state index in [4.69, 9.17) is 16.6 Å². The minimum absolute atomic E-state index is 0.0121. The monoisotopic (exact) mass is 288 g/mol. The molecule has 20 heavy (non-hydrogen) atoms. The number of nitrogens with zero attached hydrogens (tertiary/aromatic N) is 1. The number of H-pyrrole nitrogens is 1. The molecule has 104 valence electrons. The van der Waals surface area contributed by atoms with Crippen LogP contribution < -0.4 is 0 Å². The highest BCUT2D eigenvalue weighted by molar-refractivity contribution is 6.31. The summed E-state index contributed by atoms with van der Waals surface area (Å²) in [5.74, 6) is 1.68. The van der Waals surface area contributed by atoms with Gasteiger partial charge in [0.1, 0.15) is 11.6 Å². The molecule has 1 N–H and O–H groups in total. The van der Waals surface area contributed by atoms with E-state index in [0.717, 1.165) is 29.7 Å². The Morgan fingerprint density at radius 1 is 1.40 bits per heavy atom. The lowest BCUT2D eigenvalue weighted by molar-refractivity contribution is -0.124. The molecule has 1 aromatic heterocycles. The van der Waals surface area contributed by atoms with Gasteiger partial charge in [-0.2, -0.15) is 0 Å². The van der Waals surface area contributed by atoms with Crippen molar-refractivity contribution in [3.05, 3.63) is 29.0 Å². The number of benzene rings is 1. The Kier molecular flexibility index (Phi) is 2.26. The van der Waals surface area contributed by atoms with Crippen molar-refractivity contribution in [2.45, 2.75) is 38.5 Å². The van der Waals surface area contributed by atoms with Crippen molar-refractivity contribution < 1.29 is 4.79 Å². The van der Waals surface area contributed by atoms with Gasteiger partial charge in [-0.15, -0.1) is 0 Å². The van der Waals surface area contributed by atoms with Crippen LogP contribution in [0.4, 0.5) is 0 Å². The Balaban J connectivity index is 1.95. The van der Waals surface area contributed by atoms with Gasteiger partial charge in [-0.25, -0.2) is 4.98 Å². The first-order valence-corrected chi connectivity index (χ1v) is 7.52. The fourth-order valence-electron chi connectivity index (χ4n) is 4.42. The molecule has 0 saturated heterocycles. The van der Waals surface area contributed by atoms with Crippen LogP contribution in [0.15, 0.2) is 18.2 Å². The first kappa shape index (κ1) is 12.4. The van der Waals surface area contributed by atoms with E-state index in [1.807, 2.05) is 18.2 Å².